The Morgan fingerprint density at radius 2 is 2.14 bits per heavy atom. The molecule has 1 atom stereocenters. The number of anilines is 1. The van der Waals surface area contributed by atoms with Crippen molar-refractivity contribution in [2.24, 2.45) is 5.14 Å². The van der Waals surface area contributed by atoms with Gasteiger partial charge in [0.1, 0.15) is 11.3 Å². The third-order valence-corrected chi connectivity index (χ3v) is 5.31. The summed E-state index contributed by atoms with van der Waals surface area (Å²) in [4.78, 5) is 4.01. The molecule has 2 aromatic heterocycles. The van der Waals surface area contributed by atoms with Crippen LogP contribution in [0.25, 0.3) is 11.0 Å². The summed E-state index contributed by atoms with van der Waals surface area (Å²) in [5, 5.41) is 9.66. The Hall–Kier alpha value is -1.90. The molecule has 0 radical (unpaired) electrons. The maximum atomic E-state index is 11.2. The van der Waals surface area contributed by atoms with E-state index in [-0.39, 0.29) is 10.3 Å². The molecule has 0 amide bonds. The van der Waals surface area contributed by atoms with Gasteiger partial charge in [0.25, 0.3) is 0 Å². The number of hydrogen-bond acceptors (Lipinski definition) is 6. The van der Waals surface area contributed by atoms with Crippen LogP contribution in [-0.2, 0) is 10.0 Å². The smallest absolute Gasteiger partial charge is 0.249 e. The molecule has 0 aliphatic rings. The lowest BCUT2D eigenvalue weighted by atomic mass is 10.2. The summed E-state index contributed by atoms with van der Waals surface area (Å²) >= 11 is 0.993. The van der Waals surface area contributed by atoms with E-state index in [2.05, 4.69) is 10.3 Å². The van der Waals surface area contributed by atoms with Crippen molar-refractivity contribution in [1.82, 2.24) is 4.98 Å². The van der Waals surface area contributed by atoms with Crippen molar-refractivity contribution >= 4 is 37.5 Å². The Bertz CT molecular complexity index is 850. The highest BCUT2D eigenvalue weighted by Gasteiger charge is 2.16. The Kier molecular flexibility index (Phi) is 3.44. The van der Waals surface area contributed by atoms with E-state index in [4.69, 9.17) is 9.56 Å². The molecule has 3 N–H and O–H groups in total. The van der Waals surface area contributed by atoms with Crippen molar-refractivity contribution < 1.29 is 12.8 Å². The van der Waals surface area contributed by atoms with Crippen LogP contribution in [0.5, 0.6) is 0 Å². The number of benzene rings is 1. The zero-order valence-corrected chi connectivity index (χ0v) is 12.7. The second kappa shape index (κ2) is 5.14. The molecular weight excluding hydrogens is 310 g/mol. The van der Waals surface area contributed by atoms with Gasteiger partial charge in [-0.1, -0.05) is 29.5 Å². The lowest BCUT2D eigenvalue weighted by Gasteiger charge is -2.09. The van der Waals surface area contributed by atoms with Gasteiger partial charge in [0, 0.05) is 5.39 Å². The molecule has 21 heavy (non-hydrogen) atoms. The number of thiazole rings is 1. The van der Waals surface area contributed by atoms with Gasteiger partial charge in [-0.15, -0.1) is 0 Å². The van der Waals surface area contributed by atoms with E-state index in [0.29, 0.717) is 5.13 Å². The molecule has 0 aliphatic heterocycles. The minimum absolute atomic E-state index is 0.0295. The molecule has 0 unspecified atom stereocenters. The zero-order chi connectivity index (χ0) is 15.0. The fraction of sp³-hybridized carbons (Fsp3) is 0.154. The van der Waals surface area contributed by atoms with Crippen molar-refractivity contribution in [1.29, 1.82) is 0 Å². The van der Waals surface area contributed by atoms with Gasteiger partial charge in [-0.25, -0.2) is 18.5 Å². The van der Waals surface area contributed by atoms with Gasteiger partial charge in [0.15, 0.2) is 9.34 Å². The van der Waals surface area contributed by atoms with E-state index < -0.39 is 10.0 Å². The Labute approximate surface area is 125 Å². The van der Waals surface area contributed by atoms with Crippen LogP contribution in [0.2, 0.25) is 0 Å². The maximum absolute atomic E-state index is 11.2. The number of sulfonamides is 1. The van der Waals surface area contributed by atoms with E-state index in [9.17, 15) is 8.42 Å². The van der Waals surface area contributed by atoms with E-state index in [1.165, 1.54) is 6.20 Å². The molecule has 2 heterocycles. The van der Waals surface area contributed by atoms with Gasteiger partial charge in [0.2, 0.25) is 10.0 Å². The average Bonchev–Trinajstić information content (AvgIpc) is 3.03. The molecule has 3 aromatic rings. The van der Waals surface area contributed by atoms with E-state index in [0.717, 1.165) is 28.1 Å². The van der Waals surface area contributed by atoms with Crippen molar-refractivity contribution in [3.05, 3.63) is 42.3 Å². The van der Waals surface area contributed by atoms with Gasteiger partial charge in [-0.3, -0.25) is 0 Å². The molecule has 0 saturated carbocycles. The largest absolute Gasteiger partial charge is 0.459 e. The molecule has 1 aromatic carbocycles. The quantitative estimate of drug-likeness (QED) is 0.769. The molecule has 0 bridgehead atoms. The third kappa shape index (κ3) is 2.92. The number of nitrogens with one attached hydrogen (secondary N) is 1. The fourth-order valence-corrected chi connectivity index (χ4v) is 3.47. The minimum atomic E-state index is -3.71. The monoisotopic (exact) mass is 323 g/mol. The van der Waals surface area contributed by atoms with Gasteiger partial charge >= 0.3 is 0 Å². The molecule has 6 nitrogen and oxygen atoms in total. The van der Waals surface area contributed by atoms with E-state index in [1.54, 1.807) is 0 Å². The molecule has 0 fully saturated rings. The molecule has 8 heteroatoms. The molecule has 0 aliphatic carbocycles. The normalized spacial score (nSPS) is 13.4. The van der Waals surface area contributed by atoms with Crippen molar-refractivity contribution in [2.75, 3.05) is 5.32 Å². The first-order valence-electron chi connectivity index (χ1n) is 6.17. The maximum Gasteiger partial charge on any atom is 0.249 e. The summed E-state index contributed by atoms with van der Waals surface area (Å²) in [6.07, 6.45) is 1.24. The number of primary sulfonamides is 1. The van der Waals surface area contributed by atoms with Gasteiger partial charge in [-0.2, -0.15) is 0 Å². The summed E-state index contributed by atoms with van der Waals surface area (Å²) in [6, 6.07) is 9.52. The number of furan rings is 1. The van der Waals surface area contributed by atoms with Crippen LogP contribution < -0.4 is 10.5 Å². The Balaban J connectivity index is 1.82. The van der Waals surface area contributed by atoms with Crippen LogP contribution in [0.4, 0.5) is 5.13 Å². The minimum Gasteiger partial charge on any atom is -0.459 e. The number of hydrogen-bond donors (Lipinski definition) is 2. The van der Waals surface area contributed by atoms with E-state index in [1.807, 2.05) is 37.3 Å². The van der Waals surface area contributed by atoms with Crippen LogP contribution in [-0.4, -0.2) is 13.4 Å². The number of rotatable bonds is 4. The molecule has 0 spiro atoms. The van der Waals surface area contributed by atoms with E-state index >= 15 is 0 Å². The van der Waals surface area contributed by atoms with Crippen molar-refractivity contribution in [3.63, 3.8) is 0 Å². The number of para-hydroxylation sites is 1. The Morgan fingerprint density at radius 1 is 1.38 bits per heavy atom. The highest BCUT2D eigenvalue weighted by molar-refractivity contribution is 7.91. The second-order valence-electron chi connectivity index (χ2n) is 4.58. The fourth-order valence-electron chi connectivity index (χ4n) is 1.93. The summed E-state index contributed by atoms with van der Waals surface area (Å²) in [7, 11) is -3.71. The lowest BCUT2D eigenvalue weighted by Crippen LogP contribution is -2.10. The first-order valence-corrected chi connectivity index (χ1v) is 8.53. The van der Waals surface area contributed by atoms with Gasteiger partial charge in [0.05, 0.1) is 12.2 Å². The molecule has 110 valence electrons. The molecular formula is C13H13N3O3S2. The zero-order valence-electron chi connectivity index (χ0n) is 11.1. The van der Waals surface area contributed by atoms with Crippen molar-refractivity contribution in [3.8, 4) is 0 Å². The van der Waals surface area contributed by atoms with Gasteiger partial charge in [-0.05, 0) is 19.1 Å². The van der Waals surface area contributed by atoms with Gasteiger partial charge < -0.3 is 9.73 Å². The van der Waals surface area contributed by atoms with Crippen LogP contribution in [0.15, 0.2) is 45.2 Å². The van der Waals surface area contributed by atoms with Crippen LogP contribution in [0.1, 0.15) is 18.7 Å². The molecule has 3 rings (SSSR count). The number of aromatic nitrogens is 1. The number of fused-ring (bicyclic) bond motifs is 1. The summed E-state index contributed by atoms with van der Waals surface area (Å²) in [5.41, 5.74) is 0.811. The highest BCUT2D eigenvalue weighted by Crippen LogP contribution is 2.28. The van der Waals surface area contributed by atoms with Crippen LogP contribution in [0.3, 0.4) is 0 Å². The summed E-state index contributed by atoms with van der Waals surface area (Å²) in [5.74, 6) is 0.753. The molecule has 0 saturated heterocycles. The van der Waals surface area contributed by atoms with Crippen LogP contribution in [0, 0.1) is 0 Å². The predicted octanol–water partition coefficient (Wildman–Crippen LogP) is 2.71. The highest BCUT2D eigenvalue weighted by atomic mass is 32.2. The SMILES string of the molecule is C[C@@H](Nc1ncc(S(N)(=O)=O)s1)c1cc2ccccc2o1. The predicted molar refractivity (Wildman–Crippen MR) is 81.7 cm³/mol. The third-order valence-electron chi connectivity index (χ3n) is 2.98. The standard InChI is InChI=1S/C13H13N3O3S2/c1-8(11-6-9-4-2-3-5-10(9)19-11)16-13-15-7-12(20-13)21(14,17)18/h2-8H,1H3,(H,15,16)(H2,14,17,18)/t8-/m1/s1. The first kappa shape index (κ1) is 14.1. The van der Waals surface area contributed by atoms with Crippen LogP contribution >= 0.6 is 11.3 Å². The van der Waals surface area contributed by atoms with Crippen molar-refractivity contribution in [2.45, 2.75) is 17.2 Å². The first-order chi connectivity index (χ1) is 9.93. The number of nitrogens with two attached hydrogens (primary N) is 1. The summed E-state index contributed by atoms with van der Waals surface area (Å²) in [6.45, 7) is 1.91. The Morgan fingerprint density at radius 3 is 2.81 bits per heavy atom. The lowest BCUT2D eigenvalue weighted by molar-refractivity contribution is 0.526. The second-order valence-corrected chi connectivity index (χ2v) is 7.40. The average molecular weight is 323 g/mol. The topological polar surface area (TPSA) is 98.2 Å². The summed E-state index contributed by atoms with van der Waals surface area (Å²) < 4.78 is 28.2. The number of nitrogens with zero attached hydrogens (tertiary/aromatic N) is 1.